The van der Waals surface area contributed by atoms with Gasteiger partial charge < -0.3 is 20.1 Å². The number of urea groups is 1. The predicted molar refractivity (Wildman–Crippen MR) is 107 cm³/mol. The lowest BCUT2D eigenvalue weighted by molar-refractivity contribution is -0.154. The SMILES string of the molecule is O=C(NCc1ccc(OCC(F)(F)F)nc1)NCc1ccccc1CN1CCOCC1. The molecule has 7 nitrogen and oxygen atoms in total. The highest BCUT2D eigenvalue weighted by atomic mass is 19.4. The lowest BCUT2D eigenvalue weighted by atomic mass is 10.1. The van der Waals surface area contributed by atoms with Gasteiger partial charge in [-0.1, -0.05) is 30.3 Å². The number of nitrogens with zero attached hydrogens (tertiary/aromatic N) is 2. The van der Waals surface area contributed by atoms with Gasteiger partial charge in [-0.15, -0.1) is 0 Å². The zero-order valence-corrected chi connectivity index (χ0v) is 17.0. The molecule has 1 aliphatic heterocycles. The van der Waals surface area contributed by atoms with Gasteiger partial charge in [0.2, 0.25) is 5.88 Å². The van der Waals surface area contributed by atoms with Crippen LogP contribution in [-0.4, -0.2) is 55.0 Å². The molecule has 0 saturated carbocycles. The van der Waals surface area contributed by atoms with Crippen LogP contribution in [-0.2, 0) is 24.4 Å². The van der Waals surface area contributed by atoms with Gasteiger partial charge in [0.1, 0.15) is 0 Å². The lowest BCUT2D eigenvalue weighted by Crippen LogP contribution is -2.37. The average molecular weight is 438 g/mol. The van der Waals surface area contributed by atoms with E-state index < -0.39 is 12.8 Å². The zero-order valence-electron chi connectivity index (χ0n) is 17.0. The molecule has 1 aromatic carbocycles. The summed E-state index contributed by atoms with van der Waals surface area (Å²) in [5.74, 6) is -0.123. The molecule has 2 aromatic rings. The van der Waals surface area contributed by atoms with E-state index in [2.05, 4.69) is 31.3 Å². The summed E-state index contributed by atoms with van der Waals surface area (Å²) in [7, 11) is 0. The Morgan fingerprint density at radius 3 is 2.45 bits per heavy atom. The number of carbonyl (C=O) groups is 1. The minimum atomic E-state index is -4.42. The normalized spacial score (nSPS) is 14.8. The van der Waals surface area contributed by atoms with Crippen molar-refractivity contribution >= 4 is 6.03 Å². The molecule has 0 atom stereocenters. The number of halogens is 3. The Hall–Kier alpha value is -2.85. The monoisotopic (exact) mass is 438 g/mol. The van der Waals surface area contributed by atoms with Crippen molar-refractivity contribution in [1.29, 1.82) is 0 Å². The highest BCUT2D eigenvalue weighted by Crippen LogP contribution is 2.17. The van der Waals surface area contributed by atoms with Crippen molar-refractivity contribution in [2.45, 2.75) is 25.8 Å². The van der Waals surface area contributed by atoms with Gasteiger partial charge in [-0.25, -0.2) is 9.78 Å². The highest BCUT2D eigenvalue weighted by molar-refractivity contribution is 5.73. The first-order chi connectivity index (χ1) is 14.9. The van der Waals surface area contributed by atoms with Crippen molar-refractivity contribution in [3.05, 3.63) is 59.3 Å². The summed E-state index contributed by atoms with van der Waals surface area (Å²) in [6.45, 7) is 3.21. The van der Waals surface area contributed by atoms with E-state index in [-0.39, 0.29) is 18.5 Å². The van der Waals surface area contributed by atoms with Gasteiger partial charge in [-0.2, -0.15) is 13.2 Å². The van der Waals surface area contributed by atoms with Crippen LogP contribution in [0.1, 0.15) is 16.7 Å². The summed E-state index contributed by atoms with van der Waals surface area (Å²) in [5, 5.41) is 5.54. The highest BCUT2D eigenvalue weighted by Gasteiger charge is 2.28. The molecule has 0 radical (unpaired) electrons. The molecule has 1 saturated heterocycles. The Labute approximate surface area is 178 Å². The number of amides is 2. The maximum absolute atomic E-state index is 12.2. The van der Waals surface area contributed by atoms with Crippen LogP contribution in [0.25, 0.3) is 0 Å². The Bertz CT molecular complexity index is 841. The molecule has 168 valence electrons. The van der Waals surface area contributed by atoms with Crippen molar-refractivity contribution in [3.63, 3.8) is 0 Å². The van der Waals surface area contributed by atoms with Crippen LogP contribution in [0.15, 0.2) is 42.6 Å². The van der Waals surface area contributed by atoms with Crippen molar-refractivity contribution in [1.82, 2.24) is 20.5 Å². The number of benzene rings is 1. The van der Waals surface area contributed by atoms with Crippen LogP contribution in [0.2, 0.25) is 0 Å². The fourth-order valence-corrected chi connectivity index (χ4v) is 3.06. The van der Waals surface area contributed by atoms with Crippen LogP contribution in [0, 0.1) is 0 Å². The molecule has 2 amide bonds. The summed E-state index contributed by atoms with van der Waals surface area (Å²) in [6.07, 6.45) is -3.05. The summed E-state index contributed by atoms with van der Waals surface area (Å²) in [4.78, 5) is 18.3. The summed E-state index contributed by atoms with van der Waals surface area (Å²) in [6, 6.07) is 10.5. The first-order valence-electron chi connectivity index (χ1n) is 9.92. The van der Waals surface area contributed by atoms with E-state index in [1.54, 1.807) is 6.07 Å². The maximum atomic E-state index is 12.2. The Balaban J connectivity index is 1.43. The van der Waals surface area contributed by atoms with Gasteiger partial charge >= 0.3 is 12.2 Å². The van der Waals surface area contributed by atoms with Crippen molar-refractivity contribution < 1.29 is 27.4 Å². The van der Waals surface area contributed by atoms with E-state index in [9.17, 15) is 18.0 Å². The van der Waals surface area contributed by atoms with E-state index >= 15 is 0 Å². The Morgan fingerprint density at radius 2 is 1.77 bits per heavy atom. The minimum Gasteiger partial charge on any atom is -0.468 e. The van der Waals surface area contributed by atoms with Gasteiger partial charge in [-0.05, 0) is 16.7 Å². The van der Waals surface area contributed by atoms with Gasteiger partial charge in [0.25, 0.3) is 0 Å². The van der Waals surface area contributed by atoms with Crippen LogP contribution in [0.3, 0.4) is 0 Å². The van der Waals surface area contributed by atoms with Crippen molar-refractivity contribution in [2.75, 3.05) is 32.9 Å². The number of pyridine rings is 1. The minimum absolute atomic E-state index is 0.123. The largest absolute Gasteiger partial charge is 0.468 e. The third-order valence-electron chi connectivity index (χ3n) is 4.69. The Morgan fingerprint density at radius 1 is 1.06 bits per heavy atom. The summed E-state index contributed by atoms with van der Waals surface area (Å²) >= 11 is 0. The standard InChI is InChI=1S/C21H25F3N4O3/c22-21(23,24)15-31-19-6-5-16(11-25-19)12-26-20(29)27-13-17-3-1-2-4-18(17)14-28-7-9-30-10-8-28/h1-6,11H,7-10,12-15H2,(H2,26,27,29). The number of aromatic nitrogens is 1. The smallest absolute Gasteiger partial charge is 0.422 e. The first kappa shape index (κ1) is 22.8. The summed E-state index contributed by atoms with van der Waals surface area (Å²) < 4.78 is 46.4. The second-order valence-electron chi connectivity index (χ2n) is 7.10. The van der Waals surface area contributed by atoms with Gasteiger partial charge in [-0.3, -0.25) is 4.90 Å². The fraction of sp³-hybridized carbons (Fsp3) is 0.429. The number of morpholine rings is 1. The number of nitrogens with one attached hydrogen (secondary N) is 2. The van der Waals surface area contributed by atoms with Crippen LogP contribution >= 0.6 is 0 Å². The number of alkyl halides is 3. The molecule has 1 aromatic heterocycles. The van der Waals surface area contributed by atoms with Gasteiger partial charge in [0.05, 0.1) is 13.2 Å². The molecule has 1 aliphatic rings. The van der Waals surface area contributed by atoms with Crippen LogP contribution < -0.4 is 15.4 Å². The molecule has 1 fully saturated rings. The maximum Gasteiger partial charge on any atom is 0.422 e. The fourth-order valence-electron chi connectivity index (χ4n) is 3.06. The van der Waals surface area contributed by atoms with Crippen molar-refractivity contribution in [3.8, 4) is 5.88 Å². The van der Waals surface area contributed by atoms with E-state index in [0.717, 1.165) is 44.0 Å². The molecule has 0 unspecified atom stereocenters. The van der Waals surface area contributed by atoms with Crippen LogP contribution in [0.5, 0.6) is 5.88 Å². The molecule has 2 N–H and O–H groups in total. The molecule has 31 heavy (non-hydrogen) atoms. The average Bonchev–Trinajstić information content (AvgIpc) is 2.76. The molecule has 0 aliphatic carbocycles. The molecule has 0 spiro atoms. The molecule has 0 bridgehead atoms. The third-order valence-corrected chi connectivity index (χ3v) is 4.69. The quantitative estimate of drug-likeness (QED) is 0.663. The molecule has 3 rings (SSSR count). The first-order valence-corrected chi connectivity index (χ1v) is 9.92. The Kier molecular flexibility index (Phi) is 8.07. The number of hydrogen-bond acceptors (Lipinski definition) is 5. The second-order valence-corrected chi connectivity index (χ2v) is 7.10. The zero-order chi connectivity index (χ0) is 22.1. The number of hydrogen-bond donors (Lipinski definition) is 2. The molecular weight excluding hydrogens is 413 g/mol. The van der Waals surface area contributed by atoms with Crippen molar-refractivity contribution in [2.24, 2.45) is 0 Å². The number of carbonyl (C=O) groups excluding carboxylic acids is 1. The number of ether oxygens (including phenoxy) is 2. The second kappa shape index (κ2) is 11.0. The summed E-state index contributed by atoms with van der Waals surface area (Å²) in [5.41, 5.74) is 2.84. The van der Waals surface area contributed by atoms with E-state index in [1.807, 2.05) is 18.2 Å². The number of rotatable bonds is 8. The lowest BCUT2D eigenvalue weighted by Gasteiger charge is -2.27. The van der Waals surface area contributed by atoms with Crippen LogP contribution in [0.4, 0.5) is 18.0 Å². The molecule has 10 heteroatoms. The van der Waals surface area contributed by atoms with E-state index in [1.165, 1.54) is 12.3 Å². The van der Waals surface area contributed by atoms with Gasteiger partial charge in [0.15, 0.2) is 6.61 Å². The van der Waals surface area contributed by atoms with Gasteiger partial charge in [0, 0.05) is 45.0 Å². The molecule has 2 heterocycles. The van der Waals surface area contributed by atoms with E-state index in [4.69, 9.17) is 4.74 Å². The third kappa shape index (κ3) is 8.06. The topological polar surface area (TPSA) is 75.7 Å². The molecular formula is C21H25F3N4O3. The predicted octanol–water partition coefficient (Wildman–Crippen LogP) is 2.85. The van der Waals surface area contributed by atoms with E-state index in [0.29, 0.717) is 12.1 Å².